The van der Waals surface area contributed by atoms with Crippen molar-refractivity contribution in [1.82, 2.24) is 9.78 Å². The summed E-state index contributed by atoms with van der Waals surface area (Å²) >= 11 is 1.75. The number of aliphatic hydroxyl groups excluding tert-OH is 1. The first-order valence-corrected chi connectivity index (χ1v) is 5.40. The quantitative estimate of drug-likeness (QED) is 0.797. The van der Waals surface area contributed by atoms with Gasteiger partial charge in [0, 0.05) is 23.7 Å². The summed E-state index contributed by atoms with van der Waals surface area (Å²) in [7, 11) is 1.95. The molecule has 1 heterocycles. The fraction of sp³-hybridized carbons (Fsp3) is 0.667. The minimum Gasteiger partial charge on any atom is -0.395 e. The minimum atomic E-state index is 0.238. The fourth-order valence-electron chi connectivity index (χ4n) is 1.08. The number of nitrogens with zero attached hydrogens (tertiary/aromatic N) is 2. The zero-order valence-electron chi connectivity index (χ0n) is 8.32. The van der Waals surface area contributed by atoms with Gasteiger partial charge in [0.25, 0.3) is 0 Å². The number of thioether (sulfide) groups is 1. The van der Waals surface area contributed by atoms with E-state index in [1.807, 2.05) is 25.6 Å². The van der Waals surface area contributed by atoms with E-state index in [1.165, 1.54) is 5.69 Å². The van der Waals surface area contributed by atoms with Gasteiger partial charge in [0.05, 0.1) is 12.3 Å². The average Bonchev–Trinajstić information content (AvgIpc) is 2.41. The second-order valence-corrected chi connectivity index (χ2v) is 4.63. The van der Waals surface area contributed by atoms with Crippen molar-refractivity contribution in [2.45, 2.75) is 24.9 Å². The normalized spacial score (nSPS) is 13.2. The molecule has 1 aromatic rings. The van der Waals surface area contributed by atoms with E-state index in [0.29, 0.717) is 5.25 Å². The molecule has 3 nitrogen and oxygen atoms in total. The van der Waals surface area contributed by atoms with Gasteiger partial charge in [0.2, 0.25) is 0 Å². The van der Waals surface area contributed by atoms with Gasteiger partial charge in [-0.1, -0.05) is 6.92 Å². The number of aliphatic hydroxyl groups is 1. The van der Waals surface area contributed by atoms with Crippen LogP contribution >= 0.6 is 11.8 Å². The fourth-order valence-corrected chi connectivity index (χ4v) is 1.91. The molecule has 74 valence electrons. The Hall–Kier alpha value is -0.480. The number of rotatable bonds is 4. The maximum Gasteiger partial charge on any atom is 0.0596 e. The van der Waals surface area contributed by atoms with Crippen molar-refractivity contribution in [2.75, 3.05) is 6.61 Å². The van der Waals surface area contributed by atoms with Crippen LogP contribution in [0.5, 0.6) is 0 Å². The van der Waals surface area contributed by atoms with Gasteiger partial charge >= 0.3 is 0 Å². The van der Waals surface area contributed by atoms with Crippen molar-refractivity contribution < 1.29 is 5.11 Å². The van der Waals surface area contributed by atoms with Gasteiger partial charge < -0.3 is 5.11 Å². The van der Waals surface area contributed by atoms with Crippen molar-refractivity contribution in [3.63, 3.8) is 0 Å². The van der Waals surface area contributed by atoms with Gasteiger partial charge in [-0.15, -0.1) is 0 Å². The molecule has 0 aliphatic heterocycles. The predicted molar refractivity (Wildman–Crippen MR) is 55.8 cm³/mol. The molecule has 1 atom stereocenters. The summed E-state index contributed by atoms with van der Waals surface area (Å²) in [5.74, 6) is 0.916. The van der Waals surface area contributed by atoms with E-state index >= 15 is 0 Å². The Morgan fingerprint density at radius 3 is 2.85 bits per heavy atom. The van der Waals surface area contributed by atoms with Crippen LogP contribution in [0.2, 0.25) is 0 Å². The molecule has 0 aliphatic rings. The lowest BCUT2D eigenvalue weighted by atomic mass is 10.4. The smallest absolute Gasteiger partial charge is 0.0596 e. The maximum absolute atomic E-state index is 8.84. The average molecular weight is 200 g/mol. The highest BCUT2D eigenvalue weighted by Crippen LogP contribution is 2.17. The van der Waals surface area contributed by atoms with Crippen molar-refractivity contribution in [3.8, 4) is 0 Å². The lowest BCUT2D eigenvalue weighted by molar-refractivity contribution is 0.300. The predicted octanol–water partition coefficient (Wildman–Crippen LogP) is 1.34. The van der Waals surface area contributed by atoms with E-state index in [2.05, 4.69) is 11.2 Å². The summed E-state index contributed by atoms with van der Waals surface area (Å²) < 4.78 is 1.90. The van der Waals surface area contributed by atoms with Crippen LogP contribution in [-0.2, 0) is 12.8 Å². The van der Waals surface area contributed by atoms with Crippen LogP contribution in [0, 0.1) is 6.92 Å². The summed E-state index contributed by atoms with van der Waals surface area (Å²) in [5.41, 5.74) is 2.26. The first kappa shape index (κ1) is 10.6. The van der Waals surface area contributed by atoms with Gasteiger partial charge in [0.15, 0.2) is 0 Å². The molecule has 0 radical (unpaired) electrons. The van der Waals surface area contributed by atoms with Gasteiger partial charge in [0.1, 0.15) is 0 Å². The third-order valence-corrected chi connectivity index (χ3v) is 3.05. The molecule has 0 saturated heterocycles. The molecular formula is C9H16N2OS. The lowest BCUT2D eigenvalue weighted by Gasteiger charge is -2.06. The standard InChI is InChI=1S/C9H16N2OS/c1-7-4-9(11(3)10-7)6-13-8(2)5-12/h4,8,12H,5-6H2,1-3H3. The van der Waals surface area contributed by atoms with Crippen molar-refractivity contribution in [3.05, 3.63) is 17.5 Å². The van der Waals surface area contributed by atoms with Gasteiger partial charge in [-0.2, -0.15) is 16.9 Å². The molecular weight excluding hydrogens is 184 g/mol. The molecule has 0 fully saturated rings. The second-order valence-electron chi connectivity index (χ2n) is 3.20. The number of hydrogen-bond acceptors (Lipinski definition) is 3. The lowest BCUT2D eigenvalue weighted by Crippen LogP contribution is -2.04. The van der Waals surface area contributed by atoms with Crippen LogP contribution in [0.1, 0.15) is 18.3 Å². The van der Waals surface area contributed by atoms with E-state index in [1.54, 1.807) is 11.8 Å². The minimum absolute atomic E-state index is 0.238. The molecule has 0 saturated carbocycles. The Bertz CT molecular complexity index is 273. The van der Waals surface area contributed by atoms with Crippen molar-refractivity contribution in [2.24, 2.45) is 7.05 Å². The summed E-state index contributed by atoms with van der Waals surface area (Å²) in [5, 5.41) is 13.4. The molecule has 1 N–H and O–H groups in total. The van der Waals surface area contributed by atoms with Crippen molar-refractivity contribution >= 4 is 11.8 Å². The van der Waals surface area contributed by atoms with Gasteiger partial charge in [-0.3, -0.25) is 4.68 Å². The summed E-state index contributed by atoms with van der Waals surface area (Å²) in [6, 6.07) is 2.08. The zero-order chi connectivity index (χ0) is 9.84. The molecule has 13 heavy (non-hydrogen) atoms. The van der Waals surface area contributed by atoms with Crippen LogP contribution in [0.25, 0.3) is 0 Å². The van der Waals surface area contributed by atoms with E-state index in [0.717, 1.165) is 11.4 Å². The van der Waals surface area contributed by atoms with E-state index in [-0.39, 0.29) is 6.61 Å². The van der Waals surface area contributed by atoms with Crippen LogP contribution in [-0.4, -0.2) is 26.7 Å². The van der Waals surface area contributed by atoms with Crippen LogP contribution in [0.4, 0.5) is 0 Å². The first-order valence-electron chi connectivity index (χ1n) is 4.35. The van der Waals surface area contributed by atoms with E-state index < -0.39 is 0 Å². The molecule has 4 heteroatoms. The molecule has 1 unspecified atom stereocenters. The molecule has 1 aromatic heterocycles. The Morgan fingerprint density at radius 2 is 2.38 bits per heavy atom. The van der Waals surface area contributed by atoms with E-state index in [4.69, 9.17) is 5.11 Å². The monoisotopic (exact) mass is 200 g/mol. The molecule has 0 bridgehead atoms. The number of aryl methyl sites for hydroxylation is 2. The Morgan fingerprint density at radius 1 is 1.69 bits per heavy atom. The highest BCUT2D eigenvalue weighted by Gasteiger charge is 2.05. The summed E-state index contributed by atoms with van der Waals surface area (Å²) in [6.45, 7) is 4.25. The molecule has 0 aromatic carbocycles. The third-order valence-electron chi connectivity index (χ3n) is 1.87. The molecule has 0 amide bonds. The maximum atomic E-state index is 8.84. The Balaban J connectivity index is 2.49. The largest absolute Gasteiger partial charge is 0.395 e. The SMILES string of the molecule is Cc1cc(CSC(C)CO)n(C)n1. The first-order chi connectivity index (χ1) is 6.13. The van der Waals surface area contributed by atoms with Gasteiger partial charge in [-0.05, 0) is 13.0 Å². The summed E-state index contributed by atoms with van der Waals surface area (Å²) in [6.07, 6.45) is 0. The number of hydrogen-bond donors (Lipinski definition) is 1. The van der Waals surface area contributed by atoms with Crippen LogP contribution < -0.4 is 0 Å². The van der Waals surface area contributed by atoms with Gasteiger partial charge in [-0.25, -0.2) is 0 Å². The third kappa shape index (κ3) is 3.04. The van der Waals surface area contributed by atoms with E-state index in [9.17, 15) is 0 Å². The summed E-state index contributed by atoms with van der Waals surface area (Å²) in [4.78, 5) is 0. The molecule has 1 rings (SSSR count). The van der Waals surface area contributed by atoms with Crippen LogP contribution in [0.15, 0.2) is 6.07 Å². The highest BCUT2D eigenvalue weighted by molar-refractivity contribution is 7.99. The molecule has 0 spiro atoms. The Labute approximate surface area is 83.1 Å². The topological polar surface area (TPSA) is 38.0 Å². The highest BCUT2D eigenvalue weighted by atomic mass is 32.2. The Kier molecular flexibility index (Phi) is 3.81. The zero-order valence-corrected chi connectivity index (χ0v) is 9.14. The van der Waals surface area contributed by atoms with Crippen LogP contribution in [0.3, 0.4) is 0 Å². The number of aromatic nitrogens is 2. The van der Waals surface area contributed by atoms with Crippen molar-refractivity contribution in [1.29, 1.82) is 0 Å². The second kappa shape index (κ2) is 4.67. The molecule has 0 aliphatic carbocycles.